The Bertz CT molecular complexity index is 937. The van der Waals surface area contributed by atoms with E-state index in [0.717, 1.165) is 5.56 Å². The van der Waals surface area contributed by atoms with Crippen LogP contribution in [0.5, 0.6) is 5.75 Å². The SMILES string of the molecule is COC(=O)c1nc(C2(NS(=O)C(C)(C)C)COC2)c(OCc2ccccc2)cc1C. The van der Waals surface area contributed by atoms with Gasteiger partial charge in [0.25, 0.3) is 0 Å². The van der Waals surface area contributed by atoms with Crippen LogP contribution in [0.25, 0.3) is 0 Å². The van der Waals surface area contributed by atoms with Crippen molar-refractivity contribution in [3.05, 3.63) is 58.9 Å². The molecule has 0 radical (unpaired) electrons. The molecule has 0 bridgehead atoms. The van der Waals surface area contributed by atoms with Crippen LogP contribution in [0.2, 0.25) is 0 Å². The molecule has 0 amide bonds. The fourth-order valence-electron chi connectivity index (χ4n) is 2.96. The zero-order chi connectivity index (χ0) is 21.9. The molecule has 30 heavy (non-hydrogen) atoms. The maximum absolute atomic E-state index is 12.9. The summed E-state index contributed by atoms with van der Waals surface area (Å²) in [6.45, 7) is 8.32. The first-order valence-corrected chi connectivity index (χ1v) is 10.9. The molecule has 162 valence electrons. The quantitative estimate of drug-likeness (QED) is 0.677. The van der Waals surface area contributed by atoms with Crippen LogP contribution in [0.3, 0.4) is 0 Å². The summed E-state index contributed by atoms with van der Waals surface area (Å²) in [5.74, 6) is -0.0126. The summed E-state index contributed by atoms with van der Waals surface area (Å²) in [5, 5.41) is 0. The Morgan fingerprint density at radius 3 is 2.47 bits per heavy atom. The van der Waals surface area contributed by atoms with Crippen molar-refractivity contribution in [1.29, 1.82) is 0 Å². The molecular formula is C22H28N2O5S. The van der Waals surface area contributed by atoms with Crippen molar-refractivity contribution in [2.75, 3.05) is 20.3 Å². The number of rotatable bonds is 7. The fraction of sp³-hybridized carbons (Fsp3) is 0.455. The third-order valence-electron chi connectivity index (χ3n) is 4.79. The highest BCUT2D eigenvalue weighted by Crippen LogP contribution is 2.37. The number of pyridine rings is 1. The summed E-state index contributed by atoms with van der Waals surface area (Å²) in [6, 6.07) is 11.5. The number of esters is 1. The lowest BCUT2D eigenvalue weighted by Crippen LogP contribution is -2.60. The van der Waals surface area contributed by atoms with E-state index >= 15 is 0 Å². The third kappa shape index (κ3) is 4.71. The topological polar surface area (TPSA) is 86.8 Å². The molecule has 1 aliphatic rings. The van der Waals surface area contributed by atoms with Crippen LogP contribution in [0.1, 0.15) is 48.1 Å². The Labute approximate surface area is 179 Å². The van der Waals surface area contributed by atoms with Crippen molar-refractivity contribution in [3.8, 4) is 5.75 Å². The van der Waals surface area contributed by atoms with Gasteiger partial charge in [-0.05, 0) is 44.9 Å². The van der Waals surface area contributed by atoms with Crippen molar-refractivity contribution in [2.24, 2.45) is 0 Å². The number of benzene rings is 1. The Balaban J connectivity index is 2.02. The number of methoxy groups -OCH3 is 1. The molecule has 7 nitrogen and oxygen atoms in total. The fourth-order valence-corrected chi connectivity index (χ4v) is 3.84. The van der Waals surface area contributed by atoms with Crippen LogP contribution in [-0.4, -0.2) is 40.2 Å². The lowest BCUT2D eigenvalue weighted by Gasteiger charge is -2.43. The minimum Gasteiger partial charge on any atom is -0.487 e. The number of ether oxygens (including phenoxy) is 3. The normalized spacial score (nSPS) is 16.4. The van der Waals surface area contributed by atoms with Gasteiger partial charge < -0.3 is 14.2 Å². The van der Waals surface area contributed by atoms with Gasteiger partial charge in [0, 0.05) is 0 Å². The minimum atomic E-state index is -1.37. The molecule has 0 spiro atoms. The number of nitrogens with zero attached hydrogens (tertiary/aromatic N) is 1. The highest BCUT2D eigenvalue weighted by atomic mass is 32.2. The molecule has 8 heteroatoms. The van der Waals surface area contributed by atoms with Gasteiger partial charge in [0.15, 0.2) is 5.69 Å². The van der Waals surface area contributed by atoms with E-state index in [4.69, 9.17) is 14.2 Å². The molecule has 2 aromatic rings. The molecule has 1 aliphatic heterocycles. The summed E-state index contributed by atoms with van der Waals surface area (Å²) in [5.41, 5.74) is 1.52. The van der Waals surface area contributed by atoms with E-state index in [0.29, 0.717) is 23.6 Å². The first-order valence-electron chi connectivity index (χ1n) is 9.71. The van der Waals surface area contributed by atoms with E-state index in [1.54, 1.807) is 13.0 Å². The second-order valence-corrected chi connectivity index (χ2v) is 10.3. The molecule has 3 rings (SSSR count). The van der Waals surface area contributed by atoms with Crippen LogP contribution in [0.4, 0.5) is 0 Å². The van der Waals surface area contributed by atoms with Gasteiger partial charge in [0.2, 0.25) is 0 Å². The highest BCUT2D eigenvalue weighted by molar-refractivity contribution is 7.84. The molecule has 1 atom stereocenters. The number of aromatic nitrogens is 1. The van der Waals surface area contributed by atoms with Crippen molar-refractivity contribution in [1.82, 2.24) is 9.71 Å². The minimum absolute atomic E-state index is 0.203. The first kappa shape index (κ1) is 22.4. The number of aryl methyl sites for hydroxylation is 1. The number of hydrogen-bond acceptors (Lipinski definition) is 6. The lowest BCUT2D eigenvalue weighted by atomic mass is 9.92. The maximum atomic E-state index is 12.9. The average molecular weight is 433 g/mol. The molecule has 1 aromatic carbocycles. The molecule has 1 aromatic heterocycles. The Morgan fingerprint density at radius 2 is 1.93 bits per heavy atom. The van der Waals surface area contributed by atoms with Crippen LogP contribution >= 0.6 is 0 Å². The van der Waals surface area contributed by atoms with Gasteiger partial charge >= 0.3 is 5.97 Å². The average Bonchev–Trinajstić information content (AvgIpc) is 2.68. The number of carbonyl (C=O) groups excluding carboxylic acids is 1. The molecule has 1 N–H and O–H groups in total. The molecule has 2 heterocycles. The van der Waals surface area contributed by atoms with Gasteiger partial charge in [0.1, 0.15) is 23.6 Å². The first-order chi connectivity index (χ1) is 14.2. The Kier molecular flexibility index (Phi) is 6.59. The number of hydrogen-bond donors (Lipinski definition) is 1. The number of nitrogens with one attached hydrogen (secondary N) is 1. The second kappa shape index (κ2) is 8.83. The monoisotopic (exact) mass is 432 g/mol. The van der Waals surface area contributed by atoms with Crippen LogP contribution in [0, 0.1) is 6.92 Å². The predicted molar refractivity (Wildman–Crippen MR) is 115 cm³/mol. The summed E-state index contributed by atoms with van der Waals surface area (Å²) in [4.78, 5) is 16.9. The molecule has 0 aliphatic carbocycles. The number of carbonyl (C=O) groups is 1. The van der Waals surface area contributed by atoms with Gasteiger partial charge in [-0.1, -0.05) is 30.3 Å². The Morgan fingerprint density at radius 1 is 1.27 bits per heavy atom. The van der Waals surface area contributed by atoms with E-state index in [1.165, 1.54) is 7.11 Å². The summed E-state index contributed by atoms with van der Waals surface area (Å²) < 4.78 is 32.0. The summed E-state index contributed by atoms with van der Waals surface area (Å²) in [7, 11) is -0.0527. The van der Waals surface area contributed by atoms with Gasteiger partial charge in [-0.2, -0.15) is 0 Å². The summed E-state index contributed by atoms with van der Waals surface area (Å²) in [6.07, 6.45) is 0. The van der Waals surface area contributed by atoms with Crippen molar-refractivity contribution < 1.29 is 23.2 Å². The van der Waals surface area contributed by atoms with Crippen molar-refractivity contribution >= 4 is 17.0 Å². The zero-order valence-electron chi connectivity index (χ0n) is 18.0. The van der Waals surface area contributed by atoms with Crippen molar-refractivity contribution in [3.63, 3.8) is 0 Å². The third-order valence-corrected chi connectivity index (χ3v) is 6.48. The molecular weight excluding hydrogens is 404 g/mol. The summed E-state index contributed by atoms with van der Waals surface area (Å²) >= 11 is 0. The van der Waals surface area contributed by atoms with Crippen LogP contribution in [0.15, 0.2) is 36.4 Å². The Hall–Kier alpha value is -2.29. The van der Waals surface area contributed by atoms with Gasteiger partial charge in [-0.25, -0.2) is 18.7 Å². The highest BCUT2D eigenvalue weighted by Gasteiger charge is 2.47. The van der Waals surface area contributed by atoms with E-state index in [9.17, 15) is 9.00 Å². The molecule has 1 unspecified atom stereocenters. The molecule has 1 fully saturated rings. The second-order valence-electron chi connectivity index (χ2n) is 8.32. The predicted octanol–water partition coefficient (Wildman–Crippen LogP) is 3.03. The molecule has 0 saturated carbocycles. The van der Waals surface area contributed by atoms with E-state index in [2.05, 4.69) is 9.71 Å². The lowest BCUT2D eigenvalue weighted by molar-refractivity contribution is -0.0694. The van der Waals surface area contributed by atoms with E-state index < -0.39 is 27.2 Å². The standard InChI is InChI=1S/C22H28N2O5S/c1-15-11-17(29-12-16-9-7-6-8-10-16)19(23-18(15)20(25)27-5)22(13-28-14-22)24-30(26)21(2,3)4/h6-11,24H,12-14H2,1-5H3. The zero-order valence-corrected chi connectivity index (χ0v) is 18.8. The maximum Gasteiger partial charge on any atom is 0.356 e. The van der Waals surface area contributed by atoms with E-state index in [-0.39, 0.29) is 18.9 Å². The van der Waals surface area contributed by atoms with E-state index in [1.807, 2.05) is 51.1 Å². The smallest absolute Gasteiger partial charge is 0.356 e. The largest absolute Gasteiger partial charge is 0.487 e. The van der Waals surface area contributed by atoms with Gasteiger partial charge in [-0.15, -0.1) is 0 Å². The van der Waals surface area contributed by atoms with Crippen LogP contribution < -0.4 is 9.46 Å². The molecule has 1 saturated heterocycles. The van der Waals surface area contributed by atoms with Gasteiger partial charge in [-0.3, -0.25) is 0 Å². The van der Waals surface area contributed by atoms with Crippen molar-refractivity contribution in [2.45, 2.75) is 44.6 Å². The van der Waals surface area contributed by atoms with Crippen LogP contribution in [-0.2, 0) is 32.6 Å². The van der Waals surface area contributed by atoms with Gasteiger partial charge in [0.05, 0.1) is 36.1 Å².